The fourth-order valence-electron chi connectivity index (χ4n) is 3.13. The van der Waals surface area contributed by atoms with Crippen molar-refractivity contribution in [2.24, 2.45) is 0 Å². The Balaban J connectivity index is 1.79. The molecule has 2 rings (SSSR count). The van der Waals surface area contributed by atoms with Crippen LogP contribution in [0.3, 0.4) is 0 Å². The van der Waals surface area contributed by atoms with Crippen molar-refractivity contribution in [1.29, 1.82) is 0 Å². The maximum atomic E-state index is 3.43. The maximum Gasteiger partial charge on any atom is 0.0220 e. The molecule has 0 spiro atoms. The summed E-state index contributed by atoms with van der Waals surface area (Å²) in [5, 5.41) is 3.43. The van der Waals surface area contributed by atoms with Crippen LogP contribution >= 0.6 is 0 Å². The zero-order chi connectivity index (χ0) is 11.4. The third-order valence-electron chi connectivity index (χ3n) is 4.30. The Bertz CT molecular complexity index is 207. The van der Waals surface area contributed by atoms with Crippen molar-refractivity contribution in [3.05, 3.63) is 0 Å². The van der Waals surface area contributed by atoms with Gasteiger partial charge >= 0.3 is 0 Å². The summed E-state index contributed by atoms with van der Waals surface area (Å²) in [5.41, 5.74) is 0. The molecule has 0 bridgehead atoms. The molecule has 2 atom stereocenters. The van der Waals surface area contributed by atoms with E-state index in [1.807, 2.05) is 0 Å². The summed E-state index contributed by atoms with van der Waals surface area (Å²) in [7, 11) is 4.39. The molecule has 0 radical (unpaired) electrons. The van der Waals surface area contributed by atoms with Crippen molar-refractivity contribution in [3.63, 3.8) is 0 Å². The van der Waals surface area contributed by atoms with Crippen LogP contribution in [0.5, 0.6) is 0 Å². The van der Waals surface area contributed by atoms with Gasteiger partial charge in [0.25, 0.3) is 0 Å². The molecule has 3 heteroatoms. The van der Waals surface area contributed by atoms with Crippen molar-refractivity contribution < 1.29 is 0 Å². The highest BCUT2D eigenvalue weighted by Gasteiger charge is 2.24. The van der Waals surface area contributed by atoms with E-state index in [0.29, 0.717) is 0 Å². The van der Waals surface area contributed by atoms with E-state index in [9.17, 15) is 0 Å². The first kappa shape index (κ1) is 12.3. The Morgan fingerprint density at radius 2 is 2.00 bits per heavy atom. The Morgan fingerprint density at radius 1 is 1.12 bits per heavy atom. The number of hydrogen-bond donors (Lipinski definition) is 1. The summed E-state index contributed by atoms with van der Waals surface area (Å²) in [6.45, 7) is 5.14. The lowest BCUT2D eigenvalue weighted by Gasteiger charge is -2.39. The topological polar surface area (TPSA) is 18.5 Å². The highest BCUT2D eigenvalue weighted by Crippen LogP contribution is 2.18. The maximum absolute atomic E-state index is 3.43. The van der Waals surface area contributed by atoms with Crippen LogP contribution in [0.4, 0.5) is 0 Å². The lowest BCUT2D eigenvalue weighted by molar-refractivity contribution is 0.107. The Morgan fingerprint density at radius 3 is 2.75 bits per heavy atom. The third-order valence-corrected chi connectivity index (χ3v) is 4.30. The minimum absolute atomic E-state index is 0.725. The summed E-state index contributed by atoms with van der Waals surface area (Å²) in [6.07, 6.45) is 6.94. The summed E-state index contributed by atoms with van der Waals surface area (Å²) in [6, 6.07) is 1.53. The van der Waals surface area contributed by atoms with E-state index in [0.717, 1.165) is 12.1 Å². The predicted molar refractivity (Wildman–Crippen MR) is 68.8 cm³/mol. The summed E-state index contributed by atoms with van der Waals surface area (Å²) in [4.78, 5) is 5.23. The molecule has 1 N–H and O–H groups in total. The molecule has 0 aromatic heterocycles. The second-order valence-corrected chi connectivity index (χ2v) is 5.52. The standard InChI is InChI=1S/C13H27N3/c1-14-12-6-5-9-16(10-12)11-13-7-3-4-8-15(13)2/h12-14H,3-11H2,1-2H3. The van der Waals surface area contributed by atoms with Gasteiger partial charge in [-0.25, -0.2) is 0 Å². The Hall–Kier alpha value is -0.120. The molecule has 94 valence electrons. The highest BCUT2D eigenvalue weighted by molar-refractivity contribution is 4.82. The van der Waals surface area contributed by atoms with E-state index in [-0.39, 0.29) is 0 Å². The van der Waals surface area contributed by atoms with Gasteiger partial charge in [0.2, 0.25) is 0 Å². The van der Waals surface area contributed by atoms with Crippen LogP contribution in [0.25, 0.3) is 0 Å². The van der Waals surface area contributed by atoms with Crippen molar-refractivity contribution in [2.75, 3.05) is 40.3 Å². The predicted octanol–water partition coefficient (Wildman–Crippen LogP) is 1.15. The minimum atomic E-state index is 0.725. The molecule has 3 nitrogen and oxygen atoms in total. The number of likely N-dealkylation sites (tertiary alicyclic amines) is 2. The van der Waals surface area contributed by atoms with Gasteiger partial charge in [0.05, 0.1) is 0 Å². The van der Waals surface area contributed by atoms with E-state index in [4.69, 9.17) is 0 Å². The van der Waals surface area contributed by atoms with Gasteiger partial charge in [0.15, 0.2) is 0 Å². The molecule has 0 aromatic rings. The molecule has 2 aliphatic rings. The monoisotopic (exact) mass is 225 g/mol. The number of nitrogens with zero attached hydrogens (tertiary/aromatic N) is 2. The average molecular weight is 225 g/mol. The molecule has 2 fully saturated rings. The molecule has 2 unspecified atom stereocenters. The van der Waals surface area contributed by atoms with Crippen LogP contribution in [-0.4, -0.2) is 62.2 Å². The molecule has 0 aromatic carbocycles. The van der Waals surface area contributed by atoms with E-state index in [1.54, 1.807) is 0 Å². The summed E-state index contributed by atoms with van der Waals surface area (Å²) < 4.78 is 0. The van der Waals surface area contributed by atoms with Gasteiger partial charge in [-0.15, -0.1) is 0 Å². The van der Waals surface area contributed by atoms with Crippen LogP contribution in [0.2, 0.25) is 0 Å². The van der Waals surface area contributed by atoms with Crippen LogP contribution in [0, 0.1) is 0 Å². The van der Waals surface area contributed by atoms with Crippen molar-refractivity contribution in [1.82, 2.24) is 15.1 Å². The summed E-state index contributed by atoms with van der Waals surface area (Å²) >= 11 is 0. The number of likely N-dealkylation sites (N-methyl/N-ethyl adjacent to an activating group) is 2. The number of piperidine rings is 2. The first-order valence-corrected chi connectivity index (χ1v) is 6.89. The average Bonchev–Trinajstić information content (AvgIpc) is 2.32. The second-order valence-electron chi connectivity index (χ2n) is 5.52. The molecule has 2 saturated heterocycles. The lowest BCUT2D eigenvalue weighted by Crippen LogP contribution is -2.50. The molecule has 0 aliphatic carbocycles. The smallest absolute Gasteiger partial charge is 0.0220 e. The zero-order valence-electron chi connectivity index (χ0n) is 10.9. The molecule has 2 heterocycles. The van der Waals surface area contributed by atoms with E-state index >= 15 is 0 Å². The molecule has 16 heavy (non-hydrogen) atoms. The van der Waals surface area contributed by atoms with Gasteiger partial charge in [0.1, 0.15) is 0 Å². The first-order chi connectivity index (χ1) is 7.79. The van der Waals surface area contributed by atoms with Crippen molar-refractivity contribution in [3.8, 4) is 0 Å². The van der Waals surface area contributed by atoms with E-state index < -0.39 is 0 Å². The van der Waals surface area contributed by atoms with Gasteiger partial charge in [-0.2, -0.15) is 0 Å². The number of hydrogen-bond acceptors (Lipinski definition) is 3. The lowest BCUT2D eigenvalue weighted by atomic mass is 10.00. The minimum Gasteiger partial charge on any atom is -0.316 e. The fourth-order valence-corrected chi connectivity index (χ4v) is 3.13. The van der Waals surface area contributed by atoms with Gasteiger partial charge in [-0.3, -0.25) is 0 Å². The van der Waals surface area contributed by atoms with E-state index in [1.165, 1.54) is 58.3 Å². The molecular weight excluding hydrogens is 198 g/mol. The van der Waals surface area contributed by atoms with Crippen LogP contribution in [-0.2, 0) is 0 Å². The van der Waals surface area contributed by atoms with E-state index in [2.05, 4.69) is 29.2 Å². The largest absolute Gasteiger partial charge is 0.316 e. The third kappa shape index (κ3) is 3.19. The van der Waals surface area contributed by atoms with Crippen molar-refractivity contribution >= 4 is 0 Å². The Labute approximate surface area is 100 Å². The first-order valence-electron chi connectivity index (χ1n) is 6.89. The normalized spacial score (nSPS) is 34.1. The Kier molecular flexibility index (Phi) is 4.62. The van der Waals surface area contributed by atoms with Gasteiger partial charge in [0, 0.05) is 25.2 Å². The highest BCUT2D eigenvalue weighted by atomic mass is 15.2. The molecule has 2 aliphatic heterocycles. The van der Waals surface area contributed by atoms with Crippen LogP contribution in [0.15, 0.2) is 0 Å². The zero-order valence-corrected chi connectivity index (χ0v) is 10.9. The number of rotatable bonds is 3. The quantitative estimate of drug-likeness (QED) is 0.777. The fraction of sp³-hybridized carbons (Fsp3) is 1.00. The van der Waals surface area contributed by atoms with Gasteiger partial charge in [-0.1, -0.05) is 6.42 Å². The van der Waals surface area contributed by atoms with Crippen LogP contribution in [0.1, 0.15) is 32.1 Å². The van der Waals surface area contributed by atoms with Crippen molar-refractivity contribution in [2.45, 2.75) is 44.2 Å². The van der Waals surface area contributed by atoms with Gasteiger partial charge in [-0.05, 0) is 52.9 Å². The van der Waals surface area contributed by atoms with Crippen LogP contribution < -0.4 is 5.32 Å². The SMILES string of the molecule is CNC1CCCN(CC2CCCCN2C)C1. The molecular formula is C13H27N3. The van der Waals surface area contributed by atoms with Gasteiger partial charge < -0.3 is 15.1 Å². The molecule has 0 saturated carbocycles. The summed E-state index contributed by atoms with van der Waals surface area (Å²) in [5.74, 6) is 0. The second kappa shape index (κ2) is 5.99. The molecule has 0 amide bonds. The number of nitrogens with one attached hydrogen (secondary N) is 1.